The van der Waals surface area contributed by atoms with Gasteiger partial charge >= 0.3 is 0 Å². The Kier molecular flexibility index (Phi) is 7.19. The van der Waals surface area contributed by atoms with Gasteiger partial charge in [-0.05, 0) is 45.1 Å². The number of sulfonamides is 1. The van der Waals surface area contributed by atoms with Crippen LogP contribution in [-0.2, 0) is 10.0 Å². The molecule has 0 aromatic heterocycles. The normalized spacial score (nSPS) is 25.2. The first-order valence-electron chi connectivity index (χ1n) is 7.30. The fourth-order valence-electron chi connectivity index (χ4n) is 2.41. The Morgan fingerprint density at radius 3 is 2.17 bits per heavy atom. The molecule has 0 unspecified atom stereocenters. The van der Waals surface area contributed by atoms with Crippen molar-refractivity contribution < 1.29 is 8.42 Å². The fourth-order valence-corrected chi connectivity index (χ4v) is 3.94. The third-order valence-corrected chi connectivity index (χ3v) is 5.04. The molecule has 0 aromatic rings. The molecule has 18 heavy (non-hydrogen) atoms. The summed E-state index contributed by atoms with van der Waals surface area (Å²) in [5.74, 6) is 0.275. The molecule has 0 amide bonds. The van der Waals surface area contributed by atoms with Crippen LogP contribution in [0.25, 0.3) is 0 Å². The van der Waals surface area contributed by atoms with E-state index in [-0.39, 0.29) is 11.8 Å². The molecule has 0 heterocycles. The molecule has 1 rings (SSSR count). The van der Waals surface area contributed by atoms with Crippen molar-refractivity contribution in [1.82, 2.24) is 10.0 Å². The highest BCUT2D eigenvalue weighted by molar-refractivity contribution is 7.89. The van der Waals surface area contributed by atoms with E-state index in [0.29, 0.717) is 6.04 Å². The van der Waals surface area contributed by atoms with E-state index in [2.05, 4.69) is 17.0 Å². The highest BCUT2D eigenvalue weighted by Gasteiger charge is 2.23. The van der Waals surface area contributed by atoms with Gasteiger partial charge in [0.25, 0.3) is 0 Å². The number of unbranched alkanes of at least 4 members (excludes halogenated alkanes) is 1. The molecule has 1 aliphatic carbocycles. The molecule has 1 aliphatic rings. The molecular formula is C13H28N2O2S. The Morgan fingerprint density at radius 2 is 1.61 bits per heavy atom. The maximum Gasteiger partial charge on any atom is 0.211 e. The average Bonchev–Trinajstić information content (AvgIpc) is 2.35. The van der Waals surface area contributed by atoms with Gasteiger partial charge in [-0.2, -0.15) is 0 Å². The zero-order valence-electron chi connectivity index (χ0n) is 11.7. The molecular weight excluding hydrogens is 248 g/mol. The van der Waals surface area contributed by atoms with E-state index in [4.69, 9.17) is 0 Å². The Bertz CT molecular complexity index is 309. The number of hydrogen-bond donors (Lipinski definition) is 2. The first-order chi connectivity index (χ1) is 8.57. The first-order valence-corrected chi connectivity index (χ1v) is 8.96. The van der Waals surface area contributed by atoms with E-state index in [1.807, 2.05) is 6.92 Å². The van der Waals surface area contributed by atoms with Crippen molar-refractivity contribution in [3.63, 3.8) is 0 Å². The van der Waals surface area contributed by atoms with Gasteiger partial charge in [0.15, 0.2) is 0 Å². The van der Waals surface area contributed by atoms with Gasteiger partial charge in [-0.15, -0.1) is 0 Å². The highest BCUT2D eigenvalue weighted by atomic mass is 32.2. The Labute approximate surface area is 112 Å². The van der Waals surface area contributed by atoms with E-state index in [1.165, 1.54) is 0 Å². The summed E-state index contributed by atoms with van der Waals surface area (Å²) in [5.41, 5.74) is 0. The average molecular weight is 276 g/mol. The van der Waals surface area contributed by atoms with Crippen LogP contribution in [0.15, 0.2) is 0 Å². The first kappa shape index (κ1) is 15.9. The minimum atomic E-state index is -3.05. The lowest BCUT2D eigenvalue weighted by Gasteiger charge is -2.29. The molecule has 0 radical (unpaired) electrons. The third kappa shape index (κ3) is 6.16. The van der Waals surface area contributed by atoms with Gasteiger partial charge in [-0.3, -0.25) is 0 Å². The molecule has 1 fully saturated rings. The van der Waals surface area contributed by atoms with Crippen LogP contribution >= 0.6 is 0 Å². The Morgan fingerprint density at radius 1 is 1.00 bits per heavy atom. The molecule has 0 bridgehead atoms. The lowest BCUT2D eigenvalue weighted by atomic mass is 9.92. The largest absolute Gasteiger partial charge is 0.314 e. The van der Waals surface area contributed by atoms with Crippen LogP contribution in [0.5, 0.6) is 0 Å². The minimum absolute atomic E-state index is 0.159. The van der Waals surface area contributed by atoms with Crippen molar-refractivity contribution in [2.45, 2.75) is 70.9 Å². The summed E-state index contributed by atoms with van der Waals surface area (Å²) < 4.78 is 26.4. The SMILES string of the molecule is CCCCS(=O)(=O)NC1CCC(NCCC)CC1. The van der Waals surface area contributed by atoms with Gasteiger partial charge in [0.2, 0.25) is 10.0 Å². The van der Waals surface area contributed by atoms with Crippen LogP contribution in [-0.4, -0.2) is 32.8 Å². The van der Waals surface area contributed by atoms with Crippen molar-refractivity contribution >= 4 is 10.0 Å². The topological polar surface area (TPSA) is 58.2 Å². The summed E-state index contributed by atoms with van der Waals surface area (Å²) in [6.07, 6.45) is 6.93. The maximum atomic E-state index is 11.8. The molecule has 5 heteroatoms. The quantitative estimate of drug-likeness (QED) is 0.713. The molecule has 0 atom stereocenters. The predicted octanol–water partition coefficient (Wildman–Crippen LogP) is 2.02. The predicted molar refractivity (Wildman–Crippen MR) is 76.2 cm³/mol. The number of rotatable bonds is 8. The van der Waals surface area contributed by atoms with Gasteiger partial charge in [0.05, 0.1) is 5.75 Å². The lowest BCUT2D eigenvalue weighted by Crippen LogP contribution is -2.42. The second-order valence-corrected chi connectivity index (χ2v) is 7.17. The summed E-state index contributed by atoms with van der Waals surface area (Å²) in [7, 11) is -3.05. The van der Waals surface area contributed by atoms with E-state index in [0.717, 1.165) is 51.5 Å². The zero-order valence-corrected chi connectivity index (χ0v) is 12.6. The second kappa shape index (κ2) is 8.12. The van der Waals surface area contributed by atoms with Gasteiger partial charge in [-0.25, -0.2) is 13.1 Å². The molecule has 0 saturated heterocycles. The molecule has 0 aliphatic heterocycles. The third-order valence-electron chi connectivity index (χ3n) is 3.52. The minimum Gasteiger partial charge on any atom is -0.314 e. The second-order valence-electron chi connectivity index (χ2n) is 5.29. The maximum absolute atomic E-state index is 11.8. The fraction of sp³-hybridized carbons (Fsp3) is 1.00. The lowest BCUT2D eigenvalue weighted by molar-refractivity contribution is 0.330. The molecule has 2 N–H and O–H groups in total. The van der Waals surface area contributed by atoms with Crippen molar-refractivity contribution in [2.24, 2.45) is 0 Å². The molecule has 1 saturated carbocycles. The Hall–Kier alpha value is -0.130. The highest BCUT2D eigenvalue weighted by Crippen LogP contribution is 2.19. The van der Waals surface area contributed by atoms with Crippen molar-refractivity contribution in [3.05, 3.63) is 0 Å². The van der Waals surface area contributed by atoms with E-state index < -0.39 is 10.0 Å². The summed E-state index contributed by atoms with van der Waals surface area (Å²) in [6, 6.07) is 0.743. The molecule has 0 spiro atoms. The van der Waals surface area contributed by atoms with E-state index in [9.17, 15) is 8.42 Å². The number of hydrogen-bond acceptors (Lipinski definition) is 3. The summed E-state index contributed by atoms with van der Waals surface area (Å²) >= 11 is 0. The van der Waals surface area contributed by atoms with Crippen LogP contribution < -0.4 is 10.0 Å². The molecule has 108 valence electrons. The molecule has 0 aromatic carbocycles. The monoisotopic (exact) mass is 276 g/mol. The summed E-state index contributed by atoms with van der Waals surface area (Å²) in [5, 5.41) is 3.51. The smallest absolute Gasteiger partial charge is 0.211 e. The van der Waals surface area contributed by atoms with Crippen molar-refractivity contribution in [3.8, 4) is 0 Å². The van der Waals surface area contributed by atoms with Crippen LogP contribution in [0.4, 0.5) is 0 Å². The number of nitrogens with one attached hydrogen (secondary N) is 2. The van der Waals surface area contributed by atoms with Crippen LogP contribution in [0.3, 0.4) is 0 Å². The van der Waals surface area contributed by atoms with Crippen LogP contribution in [0.2, 0.25) is 0 Å². The van der Waals surface area contributed by atoms with Crippen LogP contribution in [0, 0.1) is 0 Å². The standard InChI is InChI=1S/C13H28N2O2S/c1-3-5-11-18(16,17)15-13-8-6-12(7-9-13)14-10-4-2/h12-15H,3-11H2,1-2H3. The van der Waals surface area contributed by atoms with E-state index in [1.54, 1.807) is 0 Å². The van der Waals surface area contributed by atoms with Crippen LogP contribution in [0.1, 0.15) is 58.8 Å². The summed E-state index contributed by atoms with van der Waals surface area (Å²) in [6.45, 7) is 5.25. The molecule has 4 nitrogen and oxygen atoms in total. The van der Waals surface area contributed by atoms with Gasteiger partial charge in [0, 0.05) is 12.1 Å². The summed E-state index contributed by atoms with van der Waals surface area (Å²) in [4.78, 5) is 0. The Balaban J connectivity index is 2.26. The van der Waals surface area contributed by atoms with Gasteiger partial charge < -0.3 is 5.32 Å². The van der Waals surface area contributed by atoms with Crippen molar-refractivity contribution in [1.29, 1.82) is 0 Å². The zero-order chi connectivity index (χ0) is 13.4. The van der Waals surface area contributed by atoms with Crippen molar-refractivity contribution in [2.75, 3.05) is 12.3 Å². The van der Waals surface area contributed by atoms with Gasteiger partial charge in [0.1, 0.15) is 0 Å². The van der Waals surface area contributed by atoms with Gasteiger partial charge in [-0.1, -0.05) is 20.3 Å². The van der Waals surface area contributed by atoms with E-state index >= 15 is 0 Å².